The number of nitrogens with zero attached hydrogens (tertiary/aromatic N) is 1. The molecule has 10 heteroatoms. The Morgan fingerprint density at radius 3 is 1.56 bits per heavy atom. The third-order valence-electron chi connectivity index (χ3n) is 6.16. The van der Waals surface area contributed by atoms with Gasteiger partial charge in [-0.25, -0.2) is 18.8 Å². The summed E-state index contributed by atoms with van der Waals surface area (Å²) in [4.78, 5) is 65.6. The number of ether oxygens (including phenoxy) is 3. The van der Waals surface area contributed by atoms with Crippen LogP contribution in [0.15, 0.2) is 84.9 Å². The van der Waals surface area contributed by atoms with Gasteiger partial charge in [0, 0.05) is 6.42 Å². The Kier molecular flexibility index (Phi) is 8.14. The predicted octanol–water partition coefficient (Wildman–Crippen LogP) is 3.41. The zero-order valence-electron chi connectivity index (χ0n) is 20.9. The summed E-state index contributed by atoms with van der Waals surface area (Å²) in [7, 11) is 0.967. The fourth-order valence-corrected chi connectivity index (χ4v) is 4.10. The molecule has 1 atom stereocenters. The number of esters is 3. The van der Waals surface area contributed by atoms with Crippen molar-refractivity contribution in [2.45, 2.75) is 31.3 Å². The van der Waals surface area contributed by atoms with Crippen LogP contribution in [0, 0.1) is 0 Å². The van der Waals surface area contributed by atoms with Crippen LogP contribution in [0.4, 0.5) is 4.39 Å². The molecule has 0 saturated carbocycles. The number of benzene rings is 3. The summed E-state index contributed by atoms with van der Waals surface area (Å²) >= 11 is 0. The zero-order chi connectivity index (χ0) is 28.0. The smallest absolute Gasteiger partial charge is 0.356 e. The van der Waals surface area contributed by atoms with Crippen LogP contribution in [0.1, 0.15) is 38.3 Å². The van der Waals surface area contributed by atoms with E-state index >= 15 is 4.39 Å². The van der Waals surface area contributed by atoms with E-state index in [2.05, 4.69) is 0 Å². The van der Waals surface area contributed by atoms with E-state index in [1.807, 2.05) is 0 Å². The number of carbonyl (C=O) groups is 5. The van der Waals surface area contributed by atoms with Gasteiger partial charge >= 0.3 is 23.6 Å². The van der Waals surface area contributed by atoms with Crippen molar-refractivity contribution >= 4 is 29.7 Å². The number of methoxy groups -OCH3 is 1. The molecule has 0 fully saturated rings. The Balaban J connectivity index is 1.64. The average molecular weight is 534 g/mol. The van der Waals surface area contributed by atoms with Crippen LogP contribution in [0.3, 0.4) is 0 Å². The van der Waals surface area contributed by atoms with Crippen molar-refractivity contribution in [1.29, 1.82) is 0 Å². The Hall–Kier alpha value is -4.86. The second kappa shape index (κ2) is 11.7. The maximum atomic E-state index is 16.6. The van der Waals surface area contributed by atoms with Crippen LogP contribution < -0.4 is 0 Å². The number of amides is 2. The molecule has 9 nitrogen and oxygen atoms in total. The average Bonchev–Trinajstić information content (AvgIpc) is 3.23. The first-order valence-corrected chi connectivity index (χ1v) is 11.9. The molecule has 39 heavy (non-hydrogen) atoms. The van der Waals surface area contributed by atoms with Gasteiger partial charge in [-0.3, -0.25) is 14.5 Å². The van der Waals surface area contributed by atoms with Gasteiger partial charge < -0.3 is 14.2 Å². The van der Waals surface area contributed by atoms with Gasteiger partial charge in [0.25, 0.3) is 11.8 Å². The second-order valence-electron chi connectivity index (χ2n) is 8.69. The molecule has 2 amide bonds. The van der Waals surface area contributed by atoms with Crippen LogP contribution in [-0.4, -0.2) is 53.4 Å². The van der Waals surface area contributed by atoms with Crippen molar-refractivity contribution in [2.24, 2.45) is 0 Å². The third-order valence-corrected chi connectivity index (χ3v) is 6.16. The molecular weight excluding hydrogens is 509 g/mol. The minimum atomic E-state index is -3.57. The van der Waals surface area contributed by atoms with Gasteiger partial charge in [-0.05, 0) is 23.3 Å². The largest absolute Gasteiger partial charge is 0.467 e. The van der Waals surface area contributed by atoms with Gasteiger partial charge in [-0.2, -0.15) is 0 Å². The fourth-order valence-electron chi connectivity index (χ4n) is 4.10. The van der Waals surface area contributed by atoms with E-state index in [4.69, 9.17) is 14.2 Å². The van der Waals surface area contributed by atoms with Gasteiger partial charge in [0.15, 0.2) is 0 Å². The summed E-state index contributed by atoms with van der Waals surface area (Å²) in [5.74, 6) is -6.30. The summed E-state index contributed by atoms with van der Waals surface area (Å²) in [6.07, 6.45) is -1.27. The van der Waals surface area contributed by atoms with Crippen LogP contribution in [0.25, 0.3) is 0 Å². The zero-order valence-corrected chi connectivity index (χ0v) is 20.9. The fraction of sp³-hybridized carbons (Fsp3) is 0.207. The van der Waals surface area contributed by atoms with Crippen LogP contribution >= 0.6 is 0 Å². The van der Waals surface area contributed by atoms with E-state index in [-0.39, 0.29) is 24.3 Å². The highest BCUT2D eigenvalue weighted by Gasteiger charge is 2.56. The van der Waals surface area contributed by atoms with E-state index in [0.29, 0.717) is 16.0 Å². The monoisotopic (exact) mass is 533 g/mol. The lowest BCUT2D eigenvalue weighted by atomic mass is 9.95. The molecule has 1 aliphatic rings. The van der Waals surface area contributed by atoms with E-state index in [1.54, 1.807) is 60.7 Å². The maximum absolute atomic E-state index is 16.6. The molecule has 0 N–H and O–H groups in total. The molecule has 0 aliphatic carbocycles. The molecule has 3 aromatic rings. The van der Waals surface area contributed by atoms with Crippen molar-refractivity contribution in [1.82, 2.24) is 4.90 Å². The molecule has 0 bridgehead atoms. The number of hydrogen-bond acceptors (Lipinski definition) is 8. The number of rotatable bonds is 10. The van der Waals surface area contributed by atoms with E-state index < -0.39 is 47.9 Å². The van der Waals surface area contributed by atoms with Gasteiger partial charge in [0.2, 0.25) is 0 Å². The first kappa shape index (κ1) is 27.2. The maximum Gasteiger partial charge on any atom is 0.356 e. The molecule has 3 aromatic carbocycles. The van der Waals surface area contributed by atoms with Crippen molar-refractivity contribution in [2.75, 3.05) is 7.11 Å². The van der Waals surface area contributed by atoms with Crippen molar-refractivity contribution in [3.05, 3.63) is 107 Å². The van der Waals surface area contributed by atoms with Crippen molar-refractivity contribution in [3.63, 3.8) is 0 Å². The number of fused-ring (bicyclic) bond motifs is 1. The number of imide groups is 1. The van der Waals surface area contributed by atoms with E-state index in [1.165, 1.54) is 24.3 Å². The lowest BCUT2D eigenvalue weighted by Gasteiger charge is -2.29. The summed E-state index contributed by atoms with van der Waals surface area (Å²) in [6.45, 7) is -0.763. The summed E-state index contributed by atoms with van der Waals surface area (Å²) in [5.41, 5.74) is -2.58. The van der Waals surface area contributed by atoms with E-state index in [9.17, 15) is 24.0 Å². The minimum Gasteiger partial charge on any atom is -0.467 e. The Labute approximate surface area is 223 Å². The van der Waals surface area contributed by atoms with Crippen LogP contribution in [0.2, 0.25) is 0 Å². The molecule has 200 valence electrons. The van der Waals surface area contributed by atoms with Crippen LogP contribution in [-0.2, 0) is 41.8 Å². The molecule has 0 spiro atoms. The highest BCUT2D eigenvalue weighted by Crippen LogP contribution is 2.32. The molecule has 1 heterocycles. The number of halogens is 1. The van der Waals surface area contributed by atoms with Crippen LogP contribution in [0.5, 0.6) is 0 Å². The standard InChI is InChI=1S/C29H24FNO8/c1-37-26(34)23(31-24(32)21-14-8-9-15-22(21)25(31)33)16-29(30,27(35)38-17-19-10-4-2-5-11-19)28(36)39-18-20-12-6-3-7-13-20/h2-15,23H,16-18H2,1H3. The Morgan fingerprint density at radius 1 is 0.744 bits per heavy atom. The number of hydrogen-bond donors (Lipinski definition) is 0. The van der Waals surface area contributed by atoms with Gasteiger partial charge in [-0.15, -0.1) is 0 Å². The highest BCUT2D eigenvalue weighted by molar-refractivity contribution is 6.22. The molecular formula is C29H24FNO8. The SMILES string of the molecule is COC(=O)C(CC(F)(C(=O)OCc1ccccc1)C(=O)OCc1ccccc1)N1C(=O)c2ccccc2C1=O. The molecule has 0 saturated heterocycles. The number of carbonyl (C=O) groups excluding carboxylic acids is 5. The molecule has 1 aliphatic heterocycles. The van der Waals surface area contributed by atoms with Gasteiger partial charge in [0.1, 0.15) is 19.3 Å². The lowest BCUT2D eigenvalue weighted by molar-refractivity contribution is -0.179. The van der Waals surface area contributed by atoms with Gasteiger partial charge in [0.05, 0.1) is 18.2 Å². The summed E-state index contributed by atoms with van der Waals surface area (Å²) < 4.78 is 31.5. The first-order valence-electron chi connectivity index (χ1n) is 11.9. The Morgan fingerprint density at radius 2 is 1.15 bits per heavy atom. The molecule has 1 unspecified atom stereocenters. The van der Waals surface area contributed by atoms with E-state index in [0.717, 1.165) is 7.11 Å². The summed E-state index contributed by atoms with van der Waals surface area (Å²) in [6, 6.07) is 20.5. The van der Waals surface area contributed by atoms with Crippen molar-refractivity contribution < 1.29 is 42.6 Å². The first-order chi connectivity index (χ1) is 18.8. The topological polar surface area (TPSA) is 116 Å². The quantitative estimate of drug-likeness (QED) is 0.169. The third kappa shape index (κ3) is 5.69. The predicted molar refractivity (Wildman–Crippen MR) is 134 cm³/mol. The Bertz CT molecular complexity index is 1300. The highest BCUT2D eigenvalue weighted by atomic mass is 19.1. The van der Waals surface area contributed by atoms with Gasteiger partial charge in [-0.1, -0.05) is 72.8 Å². The minimum absolute atomic E-state index is 0.0147. The normalized spacial score (nSPS) is 13.4. The molecule has 0 radical (unpaired) electrons. The lowest BCUT2D eigenvalue weighted by Crippen LogP contribution is -2.54. The molecule has 0 aromatic heterocycles. The van der Waals surface area contributed by atoms with Crippen molar-refractivity contribution in [3.8, 4) is 0 Å². The number of alkyl halides is 1. The molecule has 4 rings (SSSR count). The summed E-state index contributed by atoms with van der Waals surface area (Å²) in [5, 5.41) is 0. The second-order valence-corrected chi connectivity index (χ2v) is 8.69.